The van der Waals surface area contributed by atoms with E-state index >= 15 is 0 Å². The van der Waals surface area contributed by atoms with Crippen LogP contribution < -0.4 is 0 Å². The van der Waals surface area contributed by atoms with Gasteiger partial charge in [-0.05, 0) is 30.4 Å². The van der Waals surface area contributed by atoms with Crippen molar-refractivity contribution in [3.63, 3.8) is 0 Å². The molecule has 0 radical (unpaired) electrons. The molecular formula is C21H29NO3. The van der Waals surface area contributed by atoms with Crippen LogP contribution in [0.15, 0.2) is 35.6 Å². The van der Waals surface area contributed by atoms with E-state index in [0.717, 1.165) is 31.2 Å². The first-order chi connectivity index (χ1) is 11.9. The zero-order valence-electron chi connectivity index (χ0n) is 15.7. The van der Waals surface area contributed by atoms with Gasteiger partial charge in [0.05, 0.1) is 11.6 Å². The van der Waals surface area contributed by atoms with Crippen LogP contribution >= 0.6 is 0 Å². The van der Waals surface area contributed by atoms with E-state index in [1.807, 2.05) is 24.3 Å². The number of hydrogen-bond donors (Lipinski definition) is 1. The number of Topliss-reactive ketones (excluding diaryl/α,β-unsaturated/α-hetero) is 1. The summed E-state index contributed by atoms with van der Waals surface area (Å²) in [6.07, 6.45) is 4.15. The SMILES string of the molecule is CCCCCCN1C(=O)C(O)=C(C(C)=O)C1c1ccc(C(C)C)cc1. The topological polar surface area (TPSA) is 57.6 Å². The maximum absolute atomic E-state index is 12.5. The minimum atomic E-state index is -0.479. The smallest absolute Gasteiger partial charge is 0.290 e. The lowest BCUT2D eigenvalue weighted by molar-refractivity contribution is -0.129. The quantitative estimate of drug-likeness (QED) is 0.698. The first-order valence-electron chi connectivity index (χ1n) is 9.23. The number of benzene rings is 1. The van der Waals surface area contributed by atoms with E-state index in [2.05, 4.69) is 20.8 Å². The molecule has 2 rings (SSSR count). The van der Waals surface area contributed by atoms with Crippen LogP contribution in [0.3, 0.4) is 0 Å². The zero-order valence-corrected chi connectivity index (χ0v) is 15.7. The Morgan fingerprint density at radius 3 is 2.32 bits per heavy atom. The summed E-state index contributed by atoms with van der Waals surface area (Å²) in [6, 6.07) is 7.52. The van der Waals surface area contributed by atoms with Crippen molar-refractivity contribution in [3.05, 3.63) is 46.7 Å². The number of aliphatic hydroxyl groups excluding tert-OH is 1. The standard InChI is InChI=1S/C21H29NO3/c1-5-6-7-8-13-22-19(18(15(4)23)20(24)21(22)25)17-11-9-16(10-12-17)14(2)3/h9-12,14,19,24H,5-8,13H2,1-4H3. The number of ketones is 1. The summed E-state index contributed by atoms with van der Waals surface area (Å²) >= 11 is 0. The molecule has 1 amide bonds. The normalized spacial score (nSPS) is 17.7. The number of carbonyl (C=O) groups is 2. The predicted molar refractivity (Wildman–Crippen MR) is 99.5 cm³/mol. The van der Waals surface area contributed by atoms with Gasteiger partial charge in [0.25, 0.3) is 5.91 Å². The van der Waals surface area contributed by atoms with Gasteiger partial charge in [0.15, 0.2) is 11.5 Å². The van der Waals surface area contributed by atoms with Crippen molar-refractivity contribution in [1.82, 2.24) is 4.90 Å². The minimum absolute atomic E-state index is 0.220. The lowest BCUT2D eigenvalue weighted by atomic mass is 9.94. The van der Waals surface area contributed by atoms with E-state index in [9.17, 15) is 14.7 Å². The number of carbonyl (C=O) groups excluding carboxylic acids is 2. The summed E-state index contributed by atoms with van der Waals surface area (Å²) in [5, 5.41) is 10.2. The van der Waals surface area contributed by atoms with E-state index in [0.29, 0.717) is 12.5 Å². The monoisotopic (exact) mass is 343 g/mol. The molecular weight excluding hydrogens is 314 g/mol. The molecule has 4 nitrogen and oxygen atoms in total. The molecule has 1 aliphatic heterocycles. The van der Waals surface area contributed by atoms with E-state index in [-0.39, 0.29) is 17.1 Å². The van der Waals surface area contributed by atoms with Gasteiger partial charge >= 0.3 is 0 Å². The molecule has 1 heterocycles. The highest BCUT2D eigenvalue weighted by molar-refractivity contribution is 6.08. The summed E-state index contributed by atoms with van der Waals surface area (Å²) in [5.74, 6) is -0.652. The molecule has 4 heteroatoms. The molecule has 1 aromatic carbocycles. The van der Waals surface area contributed by atoms with Gasteiger partial charge in [0.1, 0.15) is 0 Å². The molecule has 0 aromatic heterocycles. The number of nitrogens with zero attached hydrogens (tertiary/aromatic N) is 1. The molecule has 0 saturated carbocycles. The highest BCUT2D eigenvalue weighted by Gasteiger charge is 2.41. The van der Waals surface area contributed by atoms with Crippen LogP contribution in [-0.4, -0.2) is 28.2 Å². The average molecular weight is 343 g/mol. The van der Waals surface area contributed by atoms with Crippen molar-refractivity contribution < 1.29 is 14.7 Å². The highest BCUT2D eigenvalue weighted by atomic mass is 16.3. The Balaban J connectivity index is 2.32. The van der Waals surface area contributed by atoms with Crippen molar-refractivity contribution in [2.75, 3.05) is 6.54 Å². The number of aliphatic hydroxyl groups is 1. The molecule has 1 N–H and O–H groups in total. The highest BCUT2D eigenvalue weighted by Crippen LogP contribution is 2.38. The summed E-state index contributed by atoms with van der Waals surface area (Å²) in [5.41, 5.74) is 2.31. The molecule has 0 fully saturated rings. The molecule has 0 aliphatic carbocycles. The Morgan fingerprint density at radius 1 is 1.16 bits per heavy atom. The summed E-state index contributed by atoms with van der Waals surface area (Å²) in [4.78, 5) is 26.2. The fourth-order valence-corrected chi connectivity index (χ4v) is 3.36. The number of rotatable bonds is 8. The van der Waals surface area contributed by atoms with E-state index in [4.69, 9.17) is 0 Å². The molecule has 1 aromatic rings. The Labute approximate surface area is 150 Å². The molecule has 25 heavy (non-hydrogen) atoms. The first kappa shape index (κ1) is 19.2. The van der Waals surface area contributed by atoms with Gasteiger partial charge in [-0.3, -0.25) is 9.59 Å². The molecule has 0 saturated heterocycles. The maximum atomic E-state index is 12.5. The molecule has 1 aliphatic rings. The maximum Gasteiger partial charge on any atom is 0.290 e. The van der Waals surface area contributed by atoms with E-state index in [1.54, 1.807) is 4.90 Å². The number of hydrogen-bond acceptors (Lipinski definition) is 3. The summed E-state index contributed by atoms with van der Waals surface area (Å²) in [6.45, 7) is 8.36. The Bertz CT molecular complexity index is 658. The van der Waals surface area contributed by atoms with Gasteiger partial charge in [-0.15, -0.1) is 0 Å². The van der Waals surface area contributed by atoms with Crippen molar-refractivity contribution >= 4 is 11.7 Å². The minimum Gasteiger partial charge on any atom is -0.503 e. The van der Waals surface area contributed by atoms with Gasteiger partial charge in [-0.1, -0.05) is 64.3 Å². The number of amides is 1. The molecule has 0 bridgehead atoms. The largest absolute Gasteiger partial charge is 0.503 e. The van der Waals surface area contributed by atoms with Crippen molar-refractivity contribution in [2.45, 2.75) is 65.3 Å². The van der Waals surface area contributed by atoms with Crippen LogP contribution in [0.5, 0.6) is 0 Å². The molecule has 136 valence electrons. The van der Waals surface area contributed by atoms with Gasteiger partial charge in [0.2, 0.25) is 0 Å². The lowest BCUT2D eigenvalue weighted by Gasteiger charge is -2.27. The van der Waals surface area contributed by atoms with Crippen molar-refractivity contribution in [3.8, 4) is 0 Å². The van der Waals surface area contributed by atoms with E-state index in [1.165, 1.54) is 12.5 Å². The average Bonchev–Trinajstić information content (AvgIpc) is 2.83. The first-order valence-corrected chi connectivity index (χ1v) is 9.23. The molecule has 1 unspecified atom stereocenters. The Kier molecular flexibility index (Phi) is 6.40. The van der Waals surface area contributed by atoms with Crippen LogP contribution in [0.25, 0.3) is 0 Å². The molecule has 1 atom stereocenters. The Hall–Kier alpha value is -2.10. The third kappa shape index (κ3) is 4.12. The number of unbranched alkanes of at least 4 members (excludes halogenated alkanes) is 3. The second kappa shape index (κ2) is 8.32. The third-order valence-electron chi connectivity index (χ3n) is 4.85. The van der Waals surface area contributed by atoms with Gasteiger partial charge < -0.3 is 10.0 Å². The van der Waals surface area contributed by atoms with Crippen molar-refractivity contribution in [2.24, 2.45) is 0 Å². The van der Waals surface area contributed by atoms with Gasteiger partial charge in [-0.25, -0.2) is 0 Å². The fraction of sp³-hybridized carbons (Fsp3) is 0.524. The summed E-state index contributed by atoms with van der Waals surface area (Å²) < 4.78 is 0. The second-order valence-corrected chi connectivity index (χ2v) is 7.10. The van der Waals surface area contributed by atoms with Crippen LogP contribution in [0.2, 0.25) is 0 Å². The zero-order chi connectivity index (χ0) is 18.6. The van der Waals surface area contributed by atoms with Crippen LogP contribution in [0, 0.1) is 0 Å². The second-order valence-electron chi connectivity index (χ2n) is 7.10. The molecule has 0 spiro atoms. The van der Waals surface area contributed by atoms with E-state index < -0.39 is 11.9 Å². The third-order valence-corrected chi connectivity index (χ3v) is 4.85. The lowest BCUT2D eigenvalue weighted by Crippen LogP contribution is -2.32. The van der Waals surface area contributed by atoms with Gasteiger partial charge in [0, 0.05) is 6.54 Å². The van der Waals surface area contributed by atoms with Crippen LogP contribution in [0.1, 0.15) is 76.5 Å². The van der Waals surface area contributed by atoms with Gasteiger partial charge in [-0.2, -0.15) is 0 Å². The fourth-order valence-electron chi connectivity index (χ4n) is 3.36. The summed E-state index contributed by atoms with van der Waals surface area (Å²) in [7, 11) is 0. The van der Waals surface area contributed by atoms with Crippen molar-refractivity contribution in [1.29, 1.82) is 0 Å². The van der Waals surface area contributed by atoms with Crippen LogP contribution in [-0.2, 0) is 9.59 Å². The Morgan fingerprint density at radius 2 is 1.80 bits per heavy atom. The van der Waals surface area contributed by atoms with Crippen LogP contribution in [0.4, 0.5) is 0 Å². The predicted octanol–water partition coefficient (Wildman–Crippen LogP) is 4.67.